The van der Waals surface area contributed by atoms with Gasteiger partial charge in [-0.15, -0.1) is 0 Å². The van der Waals surface area contributed by atoms with Crippen molar-refractivity contribution in [3.8, 4) is 0 Å². The Labute approximate surface area is 134 Å². The van der Waals surface area contributed by atoms with Gasteiger partial charge in [-0.25, -0.2) is 0 Å². The lowest BCUT2D eigenvalue weighted by atomic mass is 10.1. The van der Waals surface area contributed by atoms with Gasteiger partial charge in [0.15, 0.2) is 0 Å². The van der Waals surface area contributed by atoms with Crippen LogP contribution in [0.2, 0.25) is 0 Å². The van der Waals surface area contributed by atoms with E-state index in [0.29, 0.717) is 0 Å². The maximum atomic E-state index is 4.11. The Morgan fingerprint density at radius 1 is 0.818 bits per heavy atom. The van der Waals surface area contributed by atoms with Gasteiger partial charge in [0, 0.05) is 38.6 Å². The average Bonchev–Trinajstić information content (AvgIpc) is 2.49. The van der Waals surface area contributed by atoms with Gasteiger partial charge < -0.3 is 4.90 Å². The maximum absolute atomic E-state index is 4.11. The Kier molecular flexibility index (Phi) is 6.10. The third-order valence-corrected chi connectivity index (χ3v) is 4.00. The lowest BCUT2D eigenvalue weighted by molar-refractivity contribution is 0.226. The van der Waals surface area contributed by atoms with E-state index in [9.17, 15) is 0 Å². The van der Waals surface area contributed by atoms with Gasteiger partial charge >= 0.3 is 0 Å². The predicted molar refractivity (Wildman–Crippen MR) is 92.8 cm³/mol. The molecule has 2 aromatic rings. The molecule has 2 rings (SSSR count). The number of rotatable bonds is 7. The SMILES string of the molecule is Cc1ccc(CN(CCN(C)C)Cc2ccncc2)cc1C. The molecule has 118 valence electrons. The monoisotopic (exact) mass is 297 g/mol. The molecule has 0 saturated carbocycles. The van der Waals surface area contributed by atoms with Gasteiger partial charge in [-0.1, -0.05) is 18.2 Å². The van der Waals surface area contributed by atoms with Crippen LogP contribution in [0.3, 0.4) is 0 Å². The molecule has 0 amide bonds. The Hall–Kier alpha value is -1.71. The van der Waals surface area contributed by atoms with Crippen molar-refractivity contribution in [1.29, 1.82) is 0 Å². The van der Waals surface area contributed by atoms with E-state index < -0.39 is 0 Å². The number of aryl methyl sites for hydroxylation is 2. The zero-order valence-corrected chi connectivity index (χ0v) is 14.2. The first-order valence-corrected chi connectivity index (χ1v) is 7.86. The number of aromatic nitrogens is 1. The summed E-state index contributed by atoms with van der Waals surface area (Å²) in [5, 5.41) is 0. The highest BCUT2D eigenvalue weighted by atomic mass is 15.2. The molecule has 0 aliphatic heterocycles. The molecule has 3 nitrogen and oxygen atoms in total. The molecule has 0 N–H and O–H groups in total. The summed E-state index contributed by atoms with van der Waals surface area (Å²) < 4.78 is 0. The fraction of sp³-hybridized carbons (Fsp3) is 0.421. The van der Waals surface area contributed by atoms with Crippen LogP contribution in [-0.4, -0.2) is 42.0 Å². The lowest BCUT2D eigenvalue weighted by Crippen LogP contribution is -2.31. The van der Waals surface area contributed by atoms with Crippen LogP contribution in [0.15, 0.2) is 42.7 Å². The second-order valence-electron chi connectivity index (χ2n) is 6.29. The summed E-state index contributed by atoms with van der Waals surface area (Å²) in [6.45, 7) is 8.42. The third kappa shape index (κ3) is 5.24. The third-order valence-electron chi connectivity index (χ3n) is 4.00. The minimum Gasteiger partial charge on any atom is -0.308 e. The van der Waals surface area contributed by atoms with Crippen LogP contribution >= 0.6 is 0 Å². The normalized spacial score (nSPS) is 11.4. The van der Waals surface area contributed by atoms with Crippen LogP contribution in [0.4, 0.5) is 0 Å². The highest BCUT2D eigenvalue weighted by Crippen LogP contribution is 2.14. The molecule has 0 aliphatic rings. The highest BCUT2D eigenvalue weighted by Gasteiger charge is 2.08. The highest BCUT2D eigenvalue weighted by molar-refractivity contribution is 5.29. The van der Waals surface area contributed by atoms with Crippen molar-refractivity contribution in [2.75, 3.05) is 27.2 Å². The van der Waals surface area contributed by atoms with Gasteiger partial charge in [0.1, 0.15) is 0 Å². The molecule has 1 aromatic heterocycles. The van der Waals surface area contributed by atoms with Crippen LogP contribution in [0, 0.1) is 13.8 Å². The van der Waals surface area contributed by atoms with E-state index in [-0.39, 0.29) is 0 Å². The van der Waals surface area contributed by atoms with Crippen LogP contribution in [0.1, 0.15) is 22.3 Å². The quantitative estimate of drug-likeness (QED) is 0.782. The van der Waals surface area contributed by atoms with E-state index in [4.69, 9.17) is 0 Å². The summed E-state index contributed by atoms with van der Waals surface area (Å²) in [6, 6.07) is 11.0. The van der Waals surface area contributed by atoms with E-state index in [1.807, 2.05) is 12.4 Å². The Bertz CT molecular complexity index is 578. The molecule has 22 heavy (non-hydrogen) atoms. The van der Waals surface area contributed by atoms with Gasteiger partial charge in [0.05, 0.1) is 0 Å². The van der Waals surface area contributed by atoms with Crippen LogP contribution in [-0.2, 0) is 13.1 Å². The topological polar surface area (TPSA) is 19.4 Å². The number of pyridine rings is 1. The first-order chi connectivity index (χ1) is 10.5. The van der Waals surface area contributed by atoms with Crippen molar-refractivity contribution in [2.45, 2.75) is 26.9 Å². The maximum Gasteiger partial charge on any atom is 0.0271 e. The number of hydrogen-bond donors (Lipinski definition) is 0. The smallest absolute Gasteiger partial charge is 0.0271 e. The zero-order valence-electron chi connectivity index (χ0n) is 14.2. The van der Waals surface area contributed by atoms with Crippen molar-refractivity contribution in [2.24, 2.45) is 0 Å². The Morgan fingerprint density at radius 2 is 1.50 bits per heavy atom. The van der Waals surface area contributed by atoms with Gasteiger partial charge in [-0.3, -0.25) is 9.88 Å². The van der Waals surface area contributed by atoms with Crippen LogP contribution in [0.25, 0.3) is 0 Å². The standard InChI is InChI=1S/C19H27N3/c1-16-5-6-19(13-17(16)2)15-22(12-11-21(3)4)14-18-7-9-20-10-8-18/h5-10,13H,11-12,14-15H2,1-4H3. The Morgan fingerprint density at radius 3 is 2.14 bits per heavy atom. The Balaban J connectivity index is 2.07. The predicted octanol–water partition coefficient (Wildman–Crippen LogP) is 3.26. The lowest BCUT2D eigenvalue weighted by Gasteiger charge is -2.24. The molecule has 0 radical (unpaired) electrons. The summed E-state index contributed by atoms with van der Waals surface area (Å²) >= 11 is 0. The molecule has 0 unspecified atom stereocenters. The second kappa shape index (κ2) is 8.06. The minimum absolute atomic E-state index is 0.962. The van der Waals surface area contributed by atoms with Crippen molar-refractivity contribution >= 4 is 0 Å². The summed E-state index contributed by atoms with van der Waals surface area (Å²) in [4.78, 5) is 8.84. The molecule has 0 fully saturated rings. The molecule has 0 saturated heterocycles. The van der Waals surface area contributed by atoms with E-state index in [0.717, 1.165) is 26.2 Å². The van der Waals surface area contributed by atoms with Crippen molar-refractivity contribution < 1.29 is 0 Å². The van der Waals surface area contributed by atoms with Crippen LogP contribution < -0.4 is 0 Å². The number of nitrogens with zero attached hydrogens (tertiary/aromatic N) is 3. The number of likely N-dealkylation sites (N-methyl/N-ethyl adjacent to an activating group) is 1. The van der Waals surface area contributed by atoms with Gasteiger partial charge in [0.25, 0.3) is 0 Å². The summed E-state index contributed by atoms with van der Waals surface area (Å²) in [5.74, 6) is 0. The molecular formula is C19H27N3. The molecule has 1 aromatic carbocycles. The van der Waals surface area contributed by atoms with Gasteiger partial charge in [-0.2, -0.15) is 0 Å². The van der Waals surface area contributed by atoms with Crippen molar-refractivity contribution in [3.05, 3.63) is 65.0 Å². The molecule has 0 bridgehead atoms. The molecule has 0 aliphatic carbocycles. The van der Waals surface area contributed by atoms with Crippen LogP contribution in [0.5, 0.6) is 0 Å². The van der Waals surface area contributed by atoms with Gasteiger partial charge in [0.2, 0.25) is 0 Å². The van der Waals surface area contributed by atoms with E-state index in [2.05, 4.69) is 73.1 Å². The van der Waals surface area contributed by atoms with E-state index in [1.54, 1.807) is 0 Å². The van der Waals surface area contributed by atoms with E-state index >= 15 is 0 Å². The number of benzene rings is 1. The molecule has 0 spiro atoms. The van der Waals surface area contributed by atoms with Crippen molar-refractivity contribution in [1.82, 2.24) is 14.8 Å². The van der Waals surface area contributed by atoms with E-state index in [1.165, 1.54) is 22.3 Å². The fourth-order valence-corrected chi connectivity index (χ4v) is 2.46. The largest absolute Gasteiger partial charge is 0.308 e. The summed E-state index contributed by atoms with van der Waals surface area (Å²) in [7, 11) is 4.25. The van der Waals surface area contributed by atoms with Gasteiger partial charge in [-0.05, 0) is 62.3 Å². The molecule has 0 atom stereocenters. The average molecular weight is 297 g/mol. The zero-order chi connectivity index (χ0) is 15.9. The fourth-order valence-electron chi connectivity index (χ4n) is 2.46. The second-order valence-corrected chi connectivity index (χ2v) is 6.29. The molecule has 3 heteroatoms. The summed E-state index contributed by atoms with van der Waals surface area (Å²) in [6.07, 6.45) is 3.74. The summed E-state index contributed by atoms with van der Waals surface area (Å²) in [5.41, 5.74) is 5.43. The first kappa shape index (κ1) is 16.7. The minimum atomic E-state index is 0.962. The number of hydrogen-bond acceptors (Lipinski definition) is 3. The molecule has 1 heterocycles. The van der Waals surface area contributed by atoms with Crippen molar-refractivity contribution in [3.63, 3.8) is 0 Å². The first-order valence-electron chi connectivity index (χ1n) is 7.86. The molecular weight excluding hydrogens is 270 g/mol.